The lowest BCUT2D eigenvalue weighted by molar-refractivity contribution is -0.385. The van der Waals surface area contributed by atoms with E-state index in [1.165, 1.54) is 44.3 Å². The Morgan fingerprint density at radius 3 is 1.80 bits per heavy atom. The number of hydrogen-bond donors (Lipinski definition) is 10. The van der Waals surface area contributed by atoms with Gasteiger partial charge in [0.15, 0.2) is 6.29 Å². The van der Waals surface area contributed by atoms with Crippen LogP contribution in [0.5, 0.6) is 0 Å². The molecule has 2 aromatic carbocycles. The summed E-state index contributed by atoms with van der Waals surface area (Å²) in [4.78, 5) is 85.8. The molecule has 1 aliphatic carbocycles. The summed E-state index contributed by atoms with van der Waals surface area (Å²) in [5.41, 5.74) is -2.59. The molecule has 0 unspecified atom stereocenters. The molecule has 1 saturated carbocycles. The van der Waals surface area contributed by atoms with E-state index in [0.29, 0.717) is 5.56 Å². The van der Waals surface area contributed by atoms with Gasteiger partial charge in [0.05, 0.1) is 53.7 Å². The molecule has 76 heavy (non-hydrogen) atoms. The van der Waals surface area contributed by atoms with Crippen molar-refractivity contribution in [2.45, 2.75) is 138 Å². The van der Waals surface area contributed by atoms with Crippen LogP contribution >= 0.6 is 0 Å². The molecule has 0 spiro atoms. The SMILES string of the molecule is CN[C@@H]1[C@@H](O)[C@@H](O[C@@H]2[C@@H](O)[C@H](O[C@H]3OC(CNC(=O)C(F)(F)F)=CC[C@H]3NC(=O)OCc3ccc([N+](=O)[O-])cc3)[C@@H](NC(=O)OCc3ccc([N+](=O)[O-])cc3)C[C@H]2NC(=O)[C@H](O)CNC(=O)OC(C)(C)C)OC[C@]1(C)O. The van der Waals surface area contributed by atoms with Gasteiger partial charge in [0, 0.05) is 24.3 Å². The molecule has 10 N–H and O–H groups in total. The number of aliphatic hydroxyl groups excluding tert-OH is 3. The number of amides is 5. The number of ether oxygens (including phenoxy) is 7. The summed E-state index contributed by atoms with van der Waals surface area (Å²) in [6, 6.07) is 4.22. The first-order valence-electron chi connectivity index (χ1n) is 23.2. The second-order valence-corrected chi connectivity index (χ2v) is 18.8. The first-order valence-corrected chi connectivity index (χ1v) is 23.2. The first kappa shape index (κ1) is 59.9. The number of nitro groups is 2. The van der Waals surface area contributed by atoms with Crippen LogP contribution < -0.4 is 31.9 Å². The number of non-ortho nitro benzene ring substituents is 2. The zero-order chi connectivity index (χ0) is 56.3. The Kier molecular flexibility index (Phi) is 20.2. The Morgan fingerprint density at radius 1 is 0.789 bits per heavy atom. The molecule has 0 bridgehead atoms. The maximum absolute atomic E-state index is 13.7. The average Bonchev–Trinajstić information content (AvgIpc) is 3.34. The number of carbonyl (C=O) groups excluding carboxylic acids is 5. The van der Waals surface area contributed by atoms with Crippen LogP contribution in [0.25, 0.3) is 0 Å². The summed E-state index contributed by atoms with van der Waals surface area (Å²) in [7, 11) is 1.41. The molecular formula is C45H59F3N8O20. The number of nitrogens with zero attached hydrogens (tertiary/aromatic N) is 2. The highest BCUT2D eigenvalue weighted by Gasteiger charge is 2.53. The number of likely N-dealkylation sites (N-methyl/N-ethyl adjacent to an activating group) is 1. The van der Waals surface area contributed by atoms with Crippen molar-refractivity contribution in [3.8, 4) is 0 Å². The van der Waals surface area contributed by atoms with E-state index < -0.39 is 164 Å². The highest BCUT2D eigenvalue weighted by atomic mass is 19.4. The smallest absolute Gasteiger partial charge is 0.465 e. The van der Waals surface area contributed by atoms with E-state index in [1.54, 1.807) is 26.1 Å². The third-order valence-corrected chi connectivity index (χ3v) is 11.7. The Hall–Kier alpha value is -7.00. The van der Waals surface area contributed by atoms with Crippen molar-refractivity contribution in [2.75, 3.05) is 26.7 Å². The maximum Gasteiger partial charge on any atom is 0.471 e. The fraction of sp³-hybridized carbons (Fsp3) is 0.578. The molecule has 1 saturated heterocycles. The monoisotopic (exact) mass is 1090 g/mol. The first-order chi connectivity index (χ1) is 35.5. The van der Waals surface area contributed by atoms with Gasteiger partial charge in [-0.25, -0.2) is 14.4 Å². The number of halogens is 3. The molecule has 2 aromatic rings. The van der Waals surface area contributed by atoms with E-state index in [2.05, 4.69) is 26.6 Å². The van der Waals surface area contributed by atoms with Gasteiger partial charge in [-0.05, 0) is 89.1 Å². The van der Waals surface area contributed by atoms with E-state index in [0.717, 1.165) is 24.3 Å². The standard InChI is InChI=1S/C45H59F3N8O20/c1-43(2,3)76-40(62)51-18-30(57)36(60)52-28-16-29(54-42(64)71-20-23-8-12-25(13-9-23)56(68)69)34(31(58)33(28)75-38-32(59)35(49-5)44(4,65)21-72-38)74-37-27(15-14-26(73-37)17-50-39(61)45(46,47)48)53-41(63)70-19-22-6-10-24(11-7-22)55(66)67/h6-14,27-35,37-38,49,57-59,65H,15-21H2,1-5H3,(H,50,61)(H,51,62)(H,52,60)(H,53,63)(H,54,64)/t27-,28-,29+,30-,31-,32-,33+,34-,35-,37-,38-,44+/m1/s1. The average molecular weight is 1090 g/mol. The molecule has 0 radical (unpaired) electrons. The molecule has 12 atom stereocenters. The number of aliphatic hydroxyl groups is 4. The Balaban J connectivity index is 1.49. The molecule has 5 rings (SSSR count). The Bertz CT molecular complexity index is 2410. The van der Waals surface area contributed by atoms with Gasteiger partial charge in [-0.1, -0.05) is 0 Å². The minimum atomic E-state index is -5.31. The number of carbonyl (C=O) groups is 5. The zero-order valence-electron chi connectivity index (χ0n) is 41.3. The van der Waals surface area contributed by atoms with Crippen molar-refractivity contribution < 1.29 is 101 Å². The lowest BCUT2D eigenvalue weighted by Crippen LogP contribution is -2.70. The normalized spacial score (nSPS) is 27.0. The van der Waals surface area contributed by atoms with Gasteiger partial charge >= 0.3 is 30.4 Å². The summed E-state index contributed by atoms with van der Waals surface area (Å²) >= 11 is 0. The fourth-order valence-electron chi connectivity index (χ4n) is 7.97. The lowest BCUT2D eigenvalue weighted by Gasteiger charge is -2.49. The lowest BCUT2D eigenvalue weighted by atomic mass is 9.82. The van der Waals surface area contributed by atoms with Crippen molar-refractivity contribution in [1.29, 1.82) is 0 Å². The van der Waals surface area contributed by atoms with E-state index in [4.69, 9.17) is 33.2 Å². The second-order valence-electron chi connectivity index (χ2n) is 18.8. The van der Waals surface area contributed by atoms with Gasteiger partial charge < -0.3 is 85.5 Å². The Labute approximate surface area is 430 Å². The van der Waals surface area contributed by atoms with Crippen LogP contribution in [0.1, 0.15) is 51.7 Å². The van der Waals surface area contributed by atoms with Crippen LogP contribution in [0, 0.1) is 20.2 Å². The summed E-state index contributed by atoms with van der Waals surface area (Å²) in [6.45, 7) is 3.05. The summed E-state index contributed by atoms with van der Waals surface area (Å²) in [5.74, 6) is -3.89. The molecule has 28 nitrogen and oxygen atoms in total. The molecule has 2 heterocycles. The predicted molar refractivity (Wildman–Crippen MR) is 249 cm³/mol. The fourth-order valence-corrected chi connectivity index (χ4v) is 7.97. The number of benzene rings is 2. The third-order valence-electron chi connectivity index (χ3n) is 11.7. The molecule has 5 amide bonds. The Morgan fingerprint density at radius 2 is 1.30 bits per heavy atom. The third kappa shape index (κ3) is 17.0. The van der Waals surface area contributed by atoms with E-state index >= 15 is 0 Å². The minimum absolute atomic E-state index is 0.249. The van der Waals surface area contributed by atoms with Crippen LogP contribution in [-0.4, -0.2) is 172 Å². The van der Waals surface area contributed by atoms with Crippen molar-refractivity contribution in [3.63, 3.8) is 0 Å². The van der Waals surface area contributed by atoms with Crippen LogP contribution in [0.15, 0.2) is 60.4 Å². The zero-order valence-corrected chi connectivity index (χ0v) is 41.3. The van der Waals surface area contributed by atoms with Crippen molar-refractivity contribution in [3.05, 3.63) is 91.7 Å². The van der Waals surface area contributed by atoms with Gasteiger partial charge in [0.25, 0.3) is 17.3 Å². The molecule has 0 aromatic heterocycles. The van der Waals surface area contributed by atoms with Gasteiger partial charge in [-0.2, -0.15) is 13.2 Å². The van der Waals surface area contributed by atoms with E-state index in [-0.39, 0.29) is 29.1 Å². The van der Waals surface area contributed by atoms with Crippen LogP contribution in [0.3, 0.4) is 0 Å². The van der Waals surface area contributed by atoms with Crippen LogP contribution in [-0.2, 0) is 56.0 Å². The number of nitrogens with one attached hydrogen (secondary N) is 6. The summed E-state index contributed by atoms with van der Waals surface area (Å²) < 4.78 is 79.5. The number of rotatable bonds is 19. The van der Waals surface area contributed by atoms with Crippen molar-refractivity contribution in [1.82, 2.24) is 31.9 Å². The topological polar surface area (TPSA) is 389 Å². The van der Waals surface area contributed by atoms with Crippen LogP contribution in [0.2, 0.25) is 0 Å². The number of nitro benzene ring substituents is 2. The molecule has 31 heteroatoms. The molecule has 420 valence electrons. The van der Waals surface area contributed by atoms with E-state index in [1.807, 2.05) is 0 Å². The quantitative estimate of drug-likeness (QED) is 0.0525. The van der Waals surface area contributed by atoms with Gasteiger partial charge in [-0.3, -0.25) is 29.8 Å². The minimum Gasteiger partial charge on any atom is -0.465 e. The number of alkyl halides is 3. The van der Waals surface area contributed by atoms with Crippen LogP contribution in [0.4, 0.5) is 38.9 Å². The van der Waals surface area contributed by atoms with Gasteiger partial charge in [0.1, 0.15) is 60.7 Å². The molecule has 3 aliphatic rings. The highest BCUT2D eigenvalue weighted by molar-refractivity contribution is 5.82. The van der Waals surface area contributed by atoms with Gasteiger partial charge in [-0.15, -0.1) is 0 Å². The van der Waals surface area contributed by atoms with Crippen molar-refractivity contribution >= 4 is 41.5 Å². The summed E-state index contributed by atoms with van der Waals surface area (Å²) in [5, 5.41) is 82.1. The number of alkyl carbamates (subject to hydrolysis) is 3. The highest BCUT2D eigenvalue weighted by Crippen LogP contribution is 2.33. The number of hydrogen-bond acceptors (Lipinski definition) is 21. The van der Waals surface area contributed by atoms with Gasteiger partial charge in [0.2, 0.25) is 6.29 Å². The predicted octanol–water partition coefficient (Wildman–Crippen LogP) is 0.663. The summed E-state index contributed by atoms with van der Waals surface area (Å²) in [6.07, 6.45) is -21.5. The molecular weight excluding hydrogens is 1030 g/mol. The largest absolute Gasteiger partial charge is 0.471 e. The van der Waals surface area contributed by atoms with E-state index in [9.17, 15) is 77.8 Å². The second kappa shape index (κ2) is 25.7. The molecule has 2 aliphatic heterocycles. The van der Waals surface area contributed by atoms with Crippen molar-refractivity contribution in [2.24, 2.45) is 0 Å². The molecule has 2 fully saturated rings. The maximum atomic E-state index is 13.7.